The fraction of sp³-hybridized carbons (Fsp3) is 0.900. The maximum absolute atomic E-state index is 11.5. The molecular formula is C20H36O3S. The van der Waals surface area contributed by atoms with Gasteiger partial charge in [0, 0.05) is 0 Å². The minimum absolute atomic E-state index is 0.145. The predicted molar refractivity (Wildman–Crippen MR) is 100 cm³/mol. The summed E-state index contributed by atoms with van der Waals surface area (Å²) in [5, 5.41) is 0. The Bertz CT molecular complexity index is 604. The van der Waals surface area contributed by atoms with Crippen LogP contribution in [0.4, 0.5) is 0 Å². The van der Waals surface area contributed by atoms with Crippen molar-refractivity contribution in [1.82, 2.24) is 0 Å². The molecule has 0 aliphatic heterocycles. The van der Waals surface area contributed by atoms with Crippen molar-refractivity contribution in [2.45, 2.75) is 80.3 Å². The summed E-state index contributed by atoms with van der Waals surface area (Å²) in [7, 11) is -3.38. The van der Waals surface area contributed by atoms with Crippen LogP contribution in [-0.2, 0) is 14.3 Å². The van der Waals surface area contributed by atoms with Crippen molar-refractivity contribution >= 4 is 10.1 Å². The minimum atomic E-state index is -3.38. The third kappa shape index (κ3) is 4.07. The monoisotopic (exact) mass is 356 g/mol. The Labute approximate surface area is 149 Å². The Morgan fingerprint density at radius 2 is 1.71 bits per heavy atom. The van der Waals surface area contributed by atoms with Crippen molar-refractivity contribution in [2.75, 3.05) is 6.26 Å². The lowest BCUT2D eigenvalue weighted by molar-refractivity contribution is -0.0399. The van der Waals surface area contributed by atoms with E-state index in [9.17, 15) is 8.42 Å². The minimum Gasteiger partial charge on any atom is -0.267 e. The molecule has 0 spiro atoms. The van der Waals surface area contributed by atoms with Crippen LogP contribution >= 0.6 is 0 Å². The molecule has 0 heterocycles. The molecule has 0 N–H and O–H groups in total. The molecule has 2 aliphatic rings. The van der Waals surface area contributed by atoms with Crippen LogP contribution in [0.15, 0.2) is 11.6 Å². The van der Waals surface area contributed by atoms with Crippen molar-refractivity contribution in [3.63, 3.8) is 0 Å². The number of allylic oxidation sites excluding steroid dienone is 1. The molecular weight excluding hydrogens is 320 g/mol. The summed E-state index contributed by atoms with van der Waals surface area (Å²) in [6.45, 7) is 16.6. The highest BCUT2D eigenvalue weighted by molar-refractivity contribution is 7.86. The molecule has 1 fully saturated rings. The van der Waals surface area contributed by atoms with Gasteiger partial charge in [-0.1, -0.05) is 60.1 Å². The predicted octanol–water partition coefficient (Wildman–Crippen LogP) is 5.18. The number of rotatable bonds is 2. The SMILES string of the molecule is CC(C)(C)C1CC=C2C[C@H](OS(C)(=O)=O)CC[C@]2(C)C1C(C)(C)C. The Morgan fingerprint density at radius 1 is 1.12 bits per heavy atom. The third-order valence-electron chi connectivity index (χ3n) is 6.23. The zero-order chi connectivity index (χ0) is 18.6. The molecule has 24 heavy (non-hydrogen) atoms. The highest BCUT2D eigenvalue weighted by Gasteiger charge is 2.53. The van der Waals surface area contributed by atoms with Crippen LogP contribution in [0, 0.1) is 28.1 Å². The largest absolute Gasteiger partial charge is 0.267 e. The maximum atomic E-state index is 11.5. The summed E-state index contributed by atoms with van der Waals surface area (Å²) >= 11 is 0. The topological polar surface area (TPSA) is 43.4 Å². The molecule has 0 saturated heterocycles. The van der Waals surface area contributed by atoms with E-state index in [2.05, 4.69) is 54.5 Å². The van der Waals surface area contributed by atoms with Gasteiger partial charge in [0.2, 0.25) is 0 Å². The third-order valence-corrected chi connectivity index (χ3v) is 6.85. The molecule has 0 aromatic carbocycles. The van der Waals surface area contributed by atoms with Crippen LogP contribution < -0.4 is 0 Å². The lowest BCUT2D eigenvalue weighted by Gasteiger charge is -2.58. The zero-order valence-electron chi connectivity index (χ0n) is 16.8. The fourth-order valence-corrected chi connectivity index (χ4v) is 6.12. The first-order valence-electron chi connectivity index (χ1n) is 9.22. The second kappa shape index (κ2) is 6.12. The van der Waals surface area contributed by atoms with Crippen LogP contribution in [0.3, 0.4) is 0 Å². The van der Waals surface area contributed by atoms with E-state index < -0.39 is 10.1 Å². The standard InChI is InChI=1S/C20H36O3S/c1-18(2,3)16-10-9-14-13-15(23-24(8,21)22)11-12-20(14,7)17(16)19(4,5)6/h9,15-17H,10-13H2,1-8H3/t15-,16?,17?,20+/m1/s1. The summed E-state index contributed by atoms with van der Waals surface area (Å²) in [5.41, 5.74) is 2.05. The summed E-state index contributed by atoms with van der Waals surface area (Å²) in [6, 6.07) is 0. The van der Waals surface area contributed by atoms with Crippen LogP contribution in [0.25, 0.3) is 0 Å². The fourth-order valence-electron chi connectivity index (χ4n) is 5.47. The van der Waals surface area contributed by atoms with Gasteiger partial charge in [0.25, 0.3) is 10.1 Å². The second-order valence-electron chi connectivity index (χ2n) is 10.4. The van der Waals surface area contributed by atoms with Crippen molar-refractivity contribution in [2.24, 2.45) is 28.1 Å². The first-order valence-corrected chi connectivity index (χ1v) is 11.0. The smallest absolute Gasteiger partial charge is 0.264 e. The second-order valence-corrected chi connectivity index (χ2v) is 12.0. The van der Waals surface area contributed by atoms with Crippen molar-refractivity contribution in [3.8, 4) is 0 Å². The molecule has 2 rings (SSSR count). The first-order chi connectivity index (χ1) is 10.6. The Morgan fingerprint density at radius 3 is 2.17 bits per heavy atom. The van der Waals surface area contributed by atoms with Crippen molar-refractivity contribution in [3.05, 3.63) is 11.6 Å². The molecule has 4 heteroatoms. The molecule has 4 atom stereocenters. The highest BCUT2D eigenvalue weighted by atomic mass is 32.2. The molecule has 3 nitrogen and oxygen atoms in total. The summed E-state index contributed by atoms with van der Waals surface area (Å²) in [6.07, 6.45) is 7.04. The highest BCUT2D eigenvalue weighted by Crippen LogP contribution is 2.61. The van der Waals surface area contributed by atoms with Gasteiger partial charge in [0.1, 0.15) is 0 Å². The molecule has 0 aromatic rings. The summed E-state index contributed by atoms with van der Waals surface area (Å²) in [5.74, 6) is 1.22. The average molecular weight is 357 g/mol. The van der Waals surface area contributed by atoms with Gasteiger partial charge in [-0.25, -0.2) is 0 Å². The van der Waals surface area contributed by atoms with Gasteiger partial charge in [0.05, 0.1) is 12.4 Å². The Hall–Kier alpha value is -0.350. The molecule has 2 unspecified atom stereocenters. The van der Waals surface area contributed by atoms with E-state index >= 15 is 0 Å². The zero-order valence-corrected chi connectivity index (χ0v) is 17.6. The van der Waals surface area contributed by atoms with E-state index in [1.807, 2.05) is 0 Å². The molecule has 0 bridgehead atoms. The molecule has 0 amide bonds. The van der Waals surface area contributed by atoms with Gasteiger partial charge < -0.3 is 0 Å². The molecule has 2 aliphatic carbocycles. The van der Waals surface area contributed by atoms with Gasteiger partial charge in [0.15, 0.2) is 0 Å². The lowest BCUT2D eigenvalue weighted by atomic mass is 9.47. The molecule has 0 radical (unpaired) electrons. The Balaban J connectivity index is 2.38. The van der Waals surface area contributed by atoms with Crippen LogP contribution in [-0.4, -0.2) is 20.8 Å². The van der Waals surface area contributed by atoms with Gasteiger partial charge in [-0.15, -0.1) is 0 Å². The van der Waals surface area contributed by atoms with Gasteiger partial charge >= 0.3 is 0 Å². The van der Waals surface area contributed by atoms with Gasteiger partial charge in [-0.3, -0.25) is 4.18 Å². The van der Waals surface area contributed by atoms with E-state index in [4.69, 9.17) is 4.18 Å². The lowest BCUT2D eigenvalue weighted by Crippen LogP contribution is -2.51. The summed E-state index contributed by atoms with van der Waals surface area (Å²) in [4.78, 5) is 0. The Kier molecular flexibility index (Phi) is 5.09. The number of fused-ring (bicyclic) bond motifs is 1. The molecule has 0 aromatic heterocycles. The van der Waals surface area contributed by atoms with E-state index in [0.29, 0.717) is 11.8 Å². The van der Waals surface area contributed by atoms with Crippen LogP contribution in [0.2, 0.25) is 0 Å². The van der Waals surface area contributed by atoms with Crippen molar-refractivity contribution in [1.29, 1.82) is 0 Å². The quantitative estimate of drug-likeness (QED) is 0.506. The number of hydrogen-bond acceptors (Lipinski definition) is 3. The van der Waals surface area contributed by atoms with Gasteiger partial charge in [-0.2, -0.15) is 8.42 Å². The molecule has 140 valence electrons. The van der Waals surface area contributed by atoms with E-state index in [1.165, 1.54) is 5.57 Å². The van der Waals surface area contributed by atoms with Crippen molar-refractivity contribution < 1.29 is 12.6 Å². The maximum Gasteiger partial charge on any atom is 0.264 e. The van der Waals surface area contributed by atoms with E-state index in [0.717, 1.165) is 31.9 Å². The summed E-state index contributed by atoms with van der Waals surface area (Å²) < 4.78 is 28.3. The normalized spacial score (nSPS) is 35.3. The van der Waals surface area contributed by atoms with Crippen LogP contribution in [0.5, 0.6) is 0 Å². The van der Waals surface area contributed by atoms with E-state index in [1.54, 1.807) is 0 Å². The first kappa shape index (κ1) is 20.0. The van der Waals surface area contributed by atoms with E-state index in [-0.39, 0.29) is 22.3 Å². The van der Waals surface area contributed by atoms with Crippen LogP contribution in [0.1, 0.15) is 74.1 Å². The van der Waals surface area contributed by atoms with Gasteiger partial charge in [-0.05, 0) is 53.8 Å². The average Bonchev–Trinajstić information content (AvgIpc) is 2.33. The molecule has 1 saturated carbocycles. The number of hydrogen-bond donors (Lipinski definition) is 0.